The highest BCUT2D eigenvalue weighted by atomic mass is 16.3. The van der Waals surface area contributed by atoms with Crippen molar-refractivity contribution in [1.82, 2.24) is 10.2 Å². The second-order valence-corrected chi connectivity index (χ2v) is 5.84. The van der Waals surface area contributed by atoms with Gasteiger partial charge >= 0.3 is 0 Å². The lowest BCUT2D eigenvalue weighted by atomic mass is 10.0. The molecular weight excluding hydrogens is 324 g/mol. The Labute approximate surface area is 144 Å². The van der Waals surface area contributed by atoms with E-state index in [0.29, 0.717) is 18.4 Å². The van der Waals surface area contributed by atoms with Crippen LogP contribution in [0.3, 0.4) is 0 Å². The molecule has 1 aromatic carbocycles. The number of hydrogen-bond donors (Lipinski definition) is 2. The molecule has 7 nitrogen and oxygen atoms in total. The van der Waals surface area contributed by atoms with Gasteiger partial charge in [-0.1, -0.05) is 11.8 Å². The Morgan fingerprint density at radius 3 is 2.64 bits per heavy atom. The zero-order valence-corrected chi connectivity index (χ0v) is 13.4. The first-order valence-electron chi connectivity index (χ1n) is 7.98. The Morgan fingerprint density at radius 2 is 1.92 bits per heavy atom. The summed E-state index contributed by atoms with van der Waals surface area (Å²) in [5, 5.41) is 10.9. The lowest BCUT2D eigenvalue weighted by Gasteiger charge is -2.27. The van der Waals surface area contributed by atoms with Gasteiger partial charge in [-0.2, -0.15) is 0 Å². The standard InChI is InChI=1S/C18H16N2O5/c21-9-3-1-2-4-11-5-6-12-13(10-11)18(25)20(17(12)24)14-7-8-15(22)19-16(14)23/h5-6,10,14,21H,1,3,7-9H2,(H,19,22,23). The number of carbonyl (C=O) groups is 4. The molecule has 0 bridgehead atoms. The molecular formula is C18H16N2O5. The van der Waals surface area contributed by atoms with Gasteiger partial charge < -0.3 is 5.11 Å². The number of benzene rings is 1. The van der Waals surface area contributed by atoms with Gasteiger partial charge in [-0.3, -0.25) is 29.4 Å². The van der Waals surface area contributed by atoms with Crippen molar-refractivity contribution >= 4 is 23.6 Å². The van der Waals surface area contributed by atoms with Crippen molar-refractivity contribution < 1.29 is 24.3 Å². The Bertz CT molecular complexity index is 834. The number of aliphatic hydroxyl groups excluding tert-OH is 1. The highest BCUT2D eigenvalue weighted by Gasteiger charge is 2.44. The summed E-state index contributed by atoms with van der Waals surface area (Å²) < 4.78 is 0. The lowest BCUT2D eigenvalue weighted by molar-refractivity contribution is -0.136. The molecule has 0 saturated carbocycles. The Kier molecular flexibility index (Phi) is 4.63. The molecule has 2 N–H and O–H groups in total. The van der Waals surface area contributed by atoms with Crippen LogP contribution >= 0.6 is 0 Å². The zero-order valence-electron chi connectivity index (χ0n) is 13.4. The van der Waals surface area contributed by atoms with Crippen LogP contribution in [0, 0.1) is 11.8 Å². The van der Waals surface area contributed by atoms with Gasteiger partial charge in [0.25, 0.3) is 11.8 Å². The highest BCUT2D eigenvalue weighted by Crippen LogP contribution is 2.28. The van der Waals surface area contributed by atoms with Gasteiger partial charge in [-0.05, 0) is 31.0 Å². The third-order valence-corrected chi connectivity index (χ3v) is 4.13. The number of amides is 4. The van der Waals surface area contributed by atoms with Crippen LogP contribution in [0.1, 0.15) is 52.0 Å². The van der Waals surface area contributed by atoms with Crippen LogP contribution < -0.4 is 5.32 Å². The molecule has 128 valence electrons. The summed E-state index contributed by atoms with van der Waals surface area (Å²) >= 11 is 0. The van der Waals surface area contributed by atoms with Crippen LogP contribution in [0.2, 0.25) is 0 Å². The largest absolute Gasteiger partial charge is 0.396 e. The van der Waals surface area contributed by atoms with Gasteiger partial charge in [-0.15, -0.1) is 0 Å². The van der Waals surface area contributed by atoms with E-state index in [-0.39, 0.29) is 30.6 Å². The van der Waals surface area contributed by atoms with Crippen LogP contribution in [0.25, 0.3) is 0 Å². The number of rotatable bonds is 3. The molecule has 4 amide bonds. The first-order chi connectivity index (χ1) is 12.0. The van der Waals surface area contributed by atoms with E-state index in [1.54, 1.807) is 6.07 Å². The van der Waals surface area contributed by atoms with Gasteiger partial charge in [0.2, 0.25) is 11.8 Å². The molecule has 2 aliphatic rings. The molecule has 0 radical (unpaired) electrons. The minimum atomic E-state index is -0.968. The summed E-state index contributed by atoms with van der Waals surface area (Å²) in [4.78, 5) is 49.3. The van der Waals surface area contributed by atoms with Crippen LogP contribution in [0.15, 0.2) is 18.2 Å². The number of unbranched alkanes of at least 4 members (excludes halogenated alkanes) is 1. The molecule has 0 aromatic heterocycles. The molecule has 3 rings (SSSR count). The SMILES string of the molecule is O=C1CCC(N2C(=O)c3ccc(C#CCCCO)cc3C2=O)C(=O)N1. The number of piperidine rings is 1. The van der Waals surface area contributed by atoms with Crippen molar-refractivity contribution in [2.24, 2.45) is 0 Å². The normalized spacial score (nSPS) is 19.4. The molecule has 1 aromatic rings. The molecule has 1 atom stereocenters. The number of fused-ring (bicyclic) bond motifs is 1. The van der Waals surface area contributed by atoms with E-state index in [0.717, 1.165) is 4.90 Å². The predicted molar refractivity (Wildman–Crippen MR) is 86.3 cm³/mol. The number of nitrogens with zero attached hydrogens (tertiary/aromatic N) is 1. The molecule has 1 fully saturated rings. The summed E-state index contributed by atoms with van der Waals surface area (Å²) in [6.45, 7) is 0.0623. The van der Waals surface area contributed by atoms with Gasteiger partial charge in [0.15, 0.2) is 0 Å². The fourth-order valence-electron chi connectivity index (χ4n) is 2.88. The van der Waals surface area contributed by atoms with Gasteiger partial charge in [0.1, 0.15) is 6.04 Å². The fraction of sp³-hybridized carbons (Fsp3) is 0.333. The first kappa shape index (κ1) is 16.9. The van der Waals surface area contributed by atoms with E-state index in [1.165, 1.54) is 12.1 Å². The highest BCUT2D eigenvalue weighted by molar-refractivity contribution is 6.23. The zero-order chi connectivity index (χ0) is 18.0. The Hall–Kier alpha value is -2.98. The third kappa shape index (κ3) is 3.16. The average Bonchev–Trinajstić information content (AvgIpc) is 2.83. The van der Waals surface area contributed by atoms with Crippen molar-refractivity contribution in [3.8, 4) is 11.8 Å². The number of hydrogen-bond acceptors (Lipinski definition) is 5. The van der Waals surface area contributed by atoms with Crippen molar-refractivity contribution in [2.75, 3.05) is 6.61 Å². The topological polar surface area (TPSA) is 104 Å². The second kappa shape index (κ2) is 6.87. The summed E-state index contributed by atoms with van der Waals surface area (Å²) in [6.07, 6.45) is 1.32. The van der Waals surface area contributed by atoms with Crippen LogP contribution in [-0.2, 0) is 9.59 Å². The number of imide groups is 2. The Morgan fingerprint density at radius 1 is 1.16 bits per heavy atom. The van der Waals surface area contributed by atoms with Gasteiger partial charge in [-0.25, -0.2) is 0 Å². The van der Waals surface area contributed by atoms with Crippen LogP contribution in [0.4, 0.5) is 0 Å². The smallest absolute Gasteiger partial charge is 0.262 e. The number of nitrogens with one attached hydrogen (secondary N) is 1. The monoisotopic (exact) mass is 340 g/mol. The predicted octanol–water partition coefficient (Wildman–Crippen LogP) is 0.212. The van der Waals surface area contributed by atoms with E-state index in [9.17, 15) is 19.2 Å². The van der Waals surface area contributed by atoms with E-state index in [2.05, 4.69) is 17.2 Å². The molecule has 2 heterocycles. The molecule has 1 saturated heterocycles. The maximum atomic E-state index is 12.6. The van der Waals surface area contributed by atoms with Crippen LogP contribution in [0.5, 0.6) is 0 Å². The maximum Gasteiger partial charge on any atom is 0.262 e. The van der Waals surface area contributed by atoms with Gasteiger partial charge in [0, 0.05) is 25.0 Å². The number of carbonyl (C=O) groups excluding carboxylic acids is 4. The first-order valence-corrected chi connectivity index (χ1v) is 7.98. The molecule has 2 aliphatic heterocycles. The van der Waals surface area contributed by atoms with E-state index < -0.39 is 29.7 Å². The van der Waals surface area contributed by atoms with Crippen molar-refractivity contribution in [1.29, 1.82) is 0 Å². The van der Waals surface area contributed by atoms with E-state index in [4.69, 9.17) is 5.11 Å². The molecule has 25 heavy (non-hydrogen) atoms. The van der Waals surface area contributed by atoms with Crippen molar-refractivity contribution in [2.45, 2.75) is 31.7 Å². The van der Waals surface area contributed by atoms with Crippen LogP contribution in [-0.4, -0.2) is 46.3 Å². The minimum Gasteiger partial charge on any atom is -0.396 e. The Balaban J connectivity index is 1.85. The summed E-state index contributed by atoms with van der Waals surface area (Å²) in [7, 11) is 0. The van der Waals surface area contributed by atoms with Crippen molar-refractivity contribution in [3.05, 3.63) is 34.9 Å². The minimum absolute atomic E-state index is 0.0623. The van der Waals surface area contributed by atoms with E-state index >= 15 is 0 Å². The van der Waals surface area contributed by atoms with Gasteiger partial charge in [0.05, 0.1) is 11.1 Å². The summed E-state index contributed by atoms with van der Waals surface area (Å²) in [5.41, 5.74) is 1.03. The molecule has 1 unspecified atom stereocenters. The van der Waals surface area contributed by atoms with Crippen molar-refractivity contribution in [3.63, 3.8) is 0 Å². The summed E-state index contributed by atoms with van der Waals surface area (Å²) in [6, 6.07) is 3.73. The summed E-state index contributed by atoms with van der Waals surface area (Å²) in [5.74, 6) is 3.66. The molecule has 0 spiro atoms. The second-order valence-electron chi connectivity index (χ2n) is 5.84. The van der Waals surface area contributed by atoms with E-state index in [1.807, 2.05) is 0 Å². The lowest BCUT2D eigenvalue weighted by Crippen LogP contribution is -2.54. The number of aliphatic hydroxyl groups is 1. The molecule has 0 aliphatic carbocycles. The quantitative estimate of drug-likeness (QED) is 0.465. The fourth-order valence-corrected chi connectivity index (χ4v) is 2.88. The average molecular weight is 340 g/mol. The maximum absolute atomic E-state index is 12.6. The molecule has 7 heteroatoms. The third-order valence-electron chi connectivity index (χ3n) is 4.13.